The van der Waals surface area contributed by atoms with E-state index in [2.05, 4.69) is 20.4 Å². The van der Waals surface area contributed by atoms with Gasteiger partial charge in [0.2, 0.25) is 17.8 Å². The zero-order chi connectivity index (χ0) is 24.9. The lowest BCUT2D eigenvalue weighted by Crippen LogP contribution is -2.34. The van der Waals surface area contributed by atoms with Crippen molar-refractivity contribution in [2.75, 3.05) is 46.6 Å². The van der Waals surface area contributed by atoms with Crippen LogP contribution in [-0.4, -0.2) is 47.0 Å². The van der Waals surface area contributed by atoms with Crippen LogP contribution in [0.25, 0.3) is 0 Å². The lowest BCUT2D eigenvalue weighted by molar-refractivity contribution is 0.102. The lowest BCUT2D eigenvalue weighted by atomic mass is 10.1. The van der Waals surface area contributed by atoms with Gasteiger partial charge in [0, 0.05) is 43.1 Å². The van der Waals surface area contributed by atoms with Crippen LogP contribution < -0.4 is 45.0 Å². The number of aryl methyl sites for hydroxylation is 1. The zero-order valence-electron chi connectivity index (χ0n) is 23.5. The van der Waals surface area contributed by atoms with Crippen molar-refractivity contribution in [2.45, 2.75) is 45.4 Å². The van der Waals surface area contributed by atoms with Crippen LogP contribution in [-0.2, 0) is 0 Å². The largest absolute Gasteiger partial charge is 0.344 e. The molecule has 1 aromatic heterocycles. The van der Waals surface area contributed by atoms with Crippen molar-refractivity contribution in [1.29, 1.82) is 0 Å². The summed E-state index contributed by atoms with van der Waals surface area (Å²) in [6.07, 6.45) is 7.10. The van der Waals surface area contributed by atoms with E-state index in [1.807, 2.05) is 37.3 Å². The van der Waals surface area contributed by atoms with Gasteiger partial charge in [-0.25, -0.2) is 0 Å². The van der Waals surface area contributed by atoms with Gasteiger partial charge >= 0.3 is 0 Å². The van der Waals surface area contributed by atoms with E-state index >= 15 is 0 Å². The number of carbonyl (C=O) groups is 1. The second kappa shape index (κ2) is 15.9. The lowest BCUT2D eigenvalue weighted by Gasteiger charge is -2.30. The van der Waals surface area contributed by atoms with E-state index in [-0.39, 0.29) is 36.2 Å². The number of hydrogen-bond acceptors (Lipinski definition) is 11. The first-order valence-electron chi connectivity index (χ1n) is 12.8. The third-order valence-electron chi connectivity index (χ3n) is 6.73. The van der Waals surface area contributed by atoms with Crippen LogP contribution in [0.15, 0.2) is 42.5 Å². The summed E-state index contributed by atoms with van der Waals surface area (Å²) in [7, 11) is 0. The third-order valence-corrected chi connectivity index (χ3v) is 7.05. The standard InChI is InChI=1S/C27H32ClN7O.4H3N.4H2/c1-19-17-23(29-24(36)20-11-5-2-6-12-20)21(28)18-22(19)30-25-31-26(34-13-7-3-8-14-34)33-27(32-25)35-15-9-4-10-16-35;;;;;;;;/h2,5-6,11-12,17-18H,3-4,7-10,13-16H2,1H3,(H,29,36)(H,30,31,32,33);4*1H3;4*1H. The molecule has 228 valence electrons. The number of halogens is 1. The number of hydrogen-bond donors (Lipinski definition) is 6. The van der Waals surface area contributed by atoms with E-state index in [1.165, 1.54) is 12.8 Å². The second-order valence-electron chi connectivity index (χ2n) is 9.45. The number of piperidine rings is 2. The van der Waals surface area contributed by atoms with Crippen LogP contribution in [0.3, 0.4) is 0 Å². The number of nitrogens with one attached hydrogen (secondary N) is 2. The average Bonchev–Trinajstić information content (AvgIpc) is 2.93. The molecule has 5 rings (SSSR count). The van der Waals surface area contributed by atoms with Crippen molar-refractivity contribution in [3.8, 4) is 0 Å². The molecule has 14 N–H and O–H groups in total. The van der Waals surface area contributed by atoms with Gasteiger partial charge in [0.05, 0.1) is 10.7 Å². The fourth-order valence-corrected chi connectivity index (χ4v) is 4.91. The molecule has 12 nitrogen and oxygen atoms in total. The Balaban J connectivity index is -0.000001000. The summed E-state index contributed by atoms with van der Waals surface area (Å²) in [5.74, 6) is 1.75. The molecule has 0 bridgehead atoms. The number of rotatable bonds is 6. The molecule has 0 radical (unpaired) electrons. The molecule has 2 fully saturated rings. The van der Waals surface area contributed by atoms with Crippen LogP contribution in [0.5, 0.6) is 0 Å². The number of nitrogens with zero attached hydrogens (tertiary/aromatic N) is 5. The molecular weight excluding hydrogens is 530 g/mol. The van der Waals surface area contributed by atoms with Crippen molar-refractivity contribution in [3.05, 3.63) is 58.6 Å². The molecule has 1 amide bonds. The molecule has 2 saturated heterocycles. The van der Waals surface area contributed by atoms with Crippen molar-refractivity contribution >= 4 is 46.7 Å². The Bertz CT molecular complexity index is 1200. The summed E-state index contributed by atoms with van der Waals surface area (Å²) in [5, 5.41) is 6.72. The Labute approximate surface area is 247 Å². The third kappa shape index (κ3) is 8.23. The maximum atomic E-state index is 12.6. The van der Waals surface area contributed by atoms with Gasteiger partial charge in [-0.3, -0.25) is 4.79 Å². The van der Waals surface area contributed by atoms with Crippen LogP contribution >= 0.6 is 11.6 Å². The molecule has 0 spiro atoms. The van der Waals surface area contributed by atoms with Gasteiger partial charge < -0.3 is 45.0 Å². The highest BCUT2D eigenvalue weighted by Crippen LogP contribution is 2.32. The predicted octanol–water partition coefficient (Wildman–Crippen LogP) is 7.44. The first kappa shape index (κ1) is 34.5. The molecule has 2 aliphatic heterocycles. The minimum atomic E-state index is -0.201. The minimum Gasteiger partial charge on any atom is -0.344 e. The maximum absolute atomic E-state index is 12.6. The normalized spacial score (nSPS) is 14.4. The summed E-state index contributed by atoms with van der Waals surface area (Å²) in [6, 6.07) is 12.8. The molecule has 2 aliphatic rings. The van der Waals surface area contributed by atoms with E-state index < -0.39 is 0 Å². The first-order chi connectivity index (χ1) is 17.6. The molecule has 13 heteroatoms. The number of carbonyl (C=O) groups excluding carboxylic acids is 1. The molecule has 0 saturated carbocycles. The van der Waals surface area contributed by atoms with Crippen molar-refractivity contribution < 1.29 is 10.5 Å². The van der Waals surface area contributed by atoms with Crippen LogP contribution in [0.1, 0.15) is 60.2 Å². The Morgan fingerprint density at radius 1 is 0.775 bits per heavy atom. The van der Waals surface area contributed by atoms with Gasteiger partial charge in [0.15, 0.2) is 0 Å². The molecule has 0 atom stereocenters. The summed E-state index contributed by atoms with van der Waals surface area (Å²) in [5.41, 5.74) is 2.85. The number of anilines is 5. The van der Waals surface area contributed by atoms with Gasteiger partial charge in [-0.15, -0.1) is 0 Å². The molecule has 40 heavy (non-hydrogen) atoms. The zero-order valence-corrected chi connectivity index (χ0v) is 24.2. The average molecular weight is 582 g/mol. The van der Waals surface area contributed by atoms with Crippen LogP contribution in [0.4, 0.5) is 29.2 Å². The van der Waals surface area contributed by atoms with Gasteiger partial charge in [-0.05, 0) is 75.3 Å². The highest BCUT2D eigenvalue weighted by atomic mass is 35.5. The molecule has 0 aliphatic carbocycles. The predicted molar refractivity (Wildman–Crippen MR) is 174 cm³/mol. The topological polar surface area (TPSA) is 226 Å². The highest BCUT2D eigenvalue weighted by molar-refractivity contribution is 6.34. The summed E-state index contributed by atoms with van der Waals surface area (Å²) >= 11 is 6.58. The van der Waals surface area contributed by atoms with E-state index in [0.29, 0.717) is 22.2 Å². The number of amides is 1. The Kier molecular flexibility index (Phi) is 13.7. The Morgan fingerprint density at radius 3 is 1.82 bits per heavy atom. The van der Waals surface area contributed by atoms with Crippen molar-refractivity contribution in [2.24, 2.45) is 0 Å². The van der Waals surface area contributed by atoms with Crippen LogP contribution in [0.2, 0.25) is 5.02 Å². The SMILES string of the molecule is Cc1cc(NC(=O)c2ccccc2)c(Cl)cc1Nc1nc(N2CCCCC2)nc(N2CCCCC2)n1.N.N.N.N.[HH].[HH].[HH].[HH]. The van der Waals surface area contributed by atoms with Gasteiger partial charge in [0.1, 0.15) is 0 Å². The smallest absolute Gasteiger partial charge is 0.255 e. The summed E-state index contributed by atoms with van der Waals surface area (Å²) in [4.78, 5) is 31.5. The van der Waals surface area contributed by atoms with E-state index in [9.17, 15) is 4.79 Å². The summed E-state index contributed by atoms with van der Waals surface area (Å²) < 4.78 is 0. The van der Waals surface area contributed by atoms with Gasteiger partial charge in [0.25, 0.3) is 5.91 Å². The van der Waals surface area contributed by atoms with E-state index in [0.717, 1.165) is 75.0 Å². The number of aromatic nitrogens is 3. The molecule has 0 unspecified atom stereocenters. The molecule has 3 heterocycles. The first-order valence-corrected chi connectivity index (χ1v) is 13.1. The molecule has 2 aromatic carbocycles. The highest BCUT2D eigenvalue weighted by Gasteiger charge is 2.21. The van der Waals surface area contributed by atoms with E-state index in [1.54, 1.807) is 12.1 Å². The Hall–Kier alpha value is -3.55. The summed E-state index contributed by atoms with van der Waals surface area (Å²) in [6.45, 7) is 5.81. The molecular formula is C27H52ClN11O. The quantitative estimate of drug-likeness (QED) is 0.167. The van der Waals surface area contributed by atoms with E-state index in [4.69, 9.17) is 26.6 Å². The monoisotopic (exact) mass is 581 g/mol. The van der Waals surface area contributed by atoms with Crippen LogP contribution in [0, 0.1) is 6.92 Å². The second-order valence-corrected chi connectivity index (χ2v) is 9.85. The van der Waals surface area contributed by atoms with Gasteiger partial charge in [-0.2, -0.15) is 15.0 Å². The van der Waals surface area contributed by atoms with Crippen molar-refractivity contribution in [1.82, 2.24) is 39.6 Å². The maximum Gasteiger partial charge on any atom is 0.255 e. The fraction of sp³-hybridized carbons (Fsp3) is 0.407. The minimum absolute atomic E-state index is 0. The Morgan fingerprint density at radius 2 is 1.30 bits per heavy atom. The number of benzene rings is 2. The van der Waals surface area contributed by atoms with Gasteiger partial charge in [-0.1, -0.05) is 29.8 Å². The van der Waals surface area contributed by atoms with Crippen molar-refractivity contribution in [3.63, 3.8) is 0 Å². The molecule has 3 aromatic rings. The fourth-order valence-electron chi connectivity index (χ4n) is 4.70.